The highest BCUT2D eigenvalue weighted by molar-refractivity contribution is 7.85. The van der Waals surface area contributed by atoms with Crippen LogP contribution >= 0.6 is 8.58 Å². The van der Waals surface area contributed by atoms with Crippen molar-refractivity contribution in [3.63, 3.8) is 0 Å². The Kier molecular flexibility index (Phi) is 8.29. The van der Waals surface area contributed by atoms with Crippen LogP contribution in [0.5, 0.6) is 0 Å². The second-order valence-electron chi connectivity index (χ2n) is 3.23. The molecule has 0 spiro atoms. The molecule has 0 saturated heterocycles. The van der Waals surface area contributed by atoms with Crippen molar-refractivity contribution >= 4 is 24.0 Å². The van der Waals surface area contributed by atoms with Gasteiger partial charge in [-0.3, -0.25) is 4.55 Å². The lowest BCUT2D eigenvalue weighted by atomic mass is 10.4. The van der Waals surface area contributed by atoms with E-state index >= 15 is 0 Å². The fraction of sp³-hybridized carbons (Fsp3) is 0.400. The Bertz CT molecular complexity index is 396. The molecular weight excluding hydrogens is 261 g/mol. The van der Waals surface area contributed by atoms with Gasteiger partial charge in [-0.2, -0.15) is 8.42 Å². The summed E-state index contributed by atoms with van der Waals surface area (Å²) in [5, 5.41) is 1.22. The predicted octanol–water partition coefficient (Wildman–Crippen LogP) is 1.40. The standard InChI is InChI=1S/C10H15O4PS.H3N/c11-16(12,13)8-4-7-14-9-15-10-5-2-1-3-6-10;/h1-3,5-6,15H,4,7-9H2,(H,11,12,13);1H3. The van der Waals surface area contributed by atoms with E-state index in [1.54, 1.807) is 0 Å². The van der Waals surface area contributed by atoms with E-state index in [0.29, 0.717) is 28.0 Å². The van der Waals surface area contributed by atoms with Crippen LogP contribution in [0.2, 0.25) is 0 Å². The molecule has 1 unspecified atom stereocenters. The van der Waals surface area contributed by atoms with Crippen molar-refractivity contribution in [1.29, 1.82) is 0 Å². The van der Waals surface area contributed by atoms with Gasteiger partial charge in [0, 0.05) is 6.61 Å². The fourth-order valence-corrected chi connectivity index (χ4v) is 2.43. The molecule has 0 bridgehead atoms. The van der Waals surface area contributed by atoms with Gasteiger partial charge in [0.25, 0.3) is 10.1 Å². The van der Waals surface area contributed by atoms with Crippen LogP contribution in [0.15, 0.2) is 30.3 Å². The van der Waals surface area contributed by atoms with Crippen LogP contribution in [-0.2, 0) is 14.9 Å². The van der Waals surface area contributed by atoms with E-state index in [1.165, 1.54) is 5.30 Å². The minimum Gasteiger partial charge on any atom is -0.377 e. The lowest BCUT2D eigenvalue weighted by Crippen LogP contribution is -2.07. The highest BCUT2D eigenvalue weighted by Gasteiger charge is 2.02. The first-order chi connectivity index (χ1) is 7.58. The summed E-state index contributed by atoms with van der Waals surface area (Å²) >= 11 is 0. The average molecular weight is 279 g/mol. The molecule has 0 radical (unpaired) electrons. The Hall–Kier alpha value is -0.520. The van der Waals surface area contributed by atoms with Gasteiger partial charge in [-0.05, 0) is 11.7 Å². The summed E-state index contributed by atoms with van der Waals surface area (Å²) in [5.41, 5.74) is 0. The maximum absolute atomic E-state index is 10.4. The Morgan fingerprint density at radius 2 is 1.88 bits per heavy atom. The minimum absolute atomic E-state index is 0. The van der Waals surface area contributed by atoms with Crippen LogP contribution in [0.1, 0.15) is 6.42 Å². The van der Waals surface area contributed by atoms with E-state index in [0.717, 1.165) is 0 Å². The van der Waals surface area contributed by atoms with Crippen molar-refractivity contribution in [2.45, 2.75) is 6.42 Å². The van der Waals surface area contributed by atoms with Crippen LogP contribution < -0.4 is 11.5 Å². The topological polar surface area (TPSA) is 98.6 Å². The summed E-state index contributed by atoms with van der Waals surface area (Å²) in [7, 11) is -3.27. The number of benzene rings is 1. The van der Waals surface area contributed by atoms with E-state index < -0.39 is 10.1 Å². The molecule has 98 valence electrons. The molecule has 5 nitrogen and oxygen atoms in total. The van der Waals surface area contributed by atoms with E-state index in [-0.39, 0.29) is 11.9 Å². The minimum atomic E-state index is -3.84. The molecule has 1 rings (SSSR count). The molecule has 0 aliphatic rings. The Balaban J connectivity index is 0.00000256. The van der Waals surface area contributed by atoms with Crippen LogP contribution in [-0.4, -0.2) is 31.7 Å². The molecule has 1 aromatic carbocycles. The van der Waals surface area contributed by atoms with Crippen LogP contribution in [0.4, 0.5) is 0 Å². The lowest BCUT2D eigenvalue weighted by molar-refractivity contribution is 0.182. The van der Waals surface area contributed by atoms with Gasteiger partial charge in [-0.25, -0.2) is 0 Å². The third kappa shape index (κ3) is 9.21. The molecule has 0 fully saturated rings. The monoisotopic (exact) mass is 279 g/mol. The zero-order chi connectivity index (χ0) is 11.9. The number of ether oxygens (including phenoxy) is 1. The number of hydrogen-bond donors (Lipinski definition) is 2. The van der Waals surface area contributed by atoms with Crippen molar-refractivity contribution in [1.82, 2.24) is 6.15 Å². The molecule has 7 heteroatoms. The number of rotatable bonds is 7. The smallest absolute Gasteiger partial charge is 0.264 e. The van der Waals surface area contributed by atoms with Gasteiger partial charge in [0.1, 0.15) is 0 Å². The highest BCUT2D eigenvalue weighted by atomic mass is 32.2. The van der Waals surface area contributed by atoms with E-state index in [4.69, 9.17) is 9.29 Å². The number of hydrogen-bond acceptors (Lipinski definition) is 4. The van der Waals surface area contributed by atoms with E-state index in [9.17, 15) is 8.42 Å². The average Bonchev–Trinajstić information content (AvgIpc) is 2.23. The molecule has 0 aliphatic heterocycles. The summed E-state index contributed by atoms with van der Waals surface area (Å²) in [4.78, 5) is 0. The summed E-state index contributed by atoms with van der Waals surface area (Å²) in [6.07, 6.45) is 0.924. The molecule has 17 heavy (non-hydrogen) atoms. The van der Waals surface area contributed by atoms with Crippen molar-refractivity contribution in [2.75, 3.05) is 18.7 Å². The molecule has 0 saturated carbocycles. The molecule has 0 heterocycles. The Labute approximate surface area is 104 Å². The van der Waals surface area contributed by atoms with Crippen LogP contribution in [0, 0.1) is 0 Å². The zero-order valence-corrected chi connectivity index (χ0v) is 11.3. The molecule has 1 aromatic rings. The Morgan fingerprint density at radius 1 is 1.24 bits per heavy atom. The fourth-order valence-electron chi connectivity index (χ4n) is 1.11. The SMILES string of the molecule is N.O=S(=O)(O)CCCOCPc1ccccc1. The Morgan fingerprint density at radius 3 is 2.47 bits per heavy atom. The summed E-state index contributed by atoms with van der Waals surface area (Å²) < 4.78 is 34.5. The predicted molar refractivity (Wildman–Crippen MR) is 71.3 cm³/mol. The van der Waals surface area contributed by atoms with Gasteiger partial charge in [0.2, 0.25) is 0 Å². The summed E-state index contributed by atoms with van der Waals surface area (Å²) in [6, 6.07) is 9.96. The van der Waals surface area contributed by atoms with E-state index in [2.05, 4.69) is 0 Å². The van der Waals surface area contributed by atoms with Gasteiger partial charge in [-0.15, -0.1) is 0 Å². The molecule has 0 aliphatic carbocycles. The second kappa shape index (κ2) is 8.55. The van der Waals surface area contributed by atoms with Gasteiger partial charge in [-0.1, -0.05) is 38.9 Å². The van der Waals surface area contributed by atoms with Gasteiger partial charge >= 0.3 is 0 Å². The third-order valence-electron chi connectivity index (χ3n) is 1.84. The normalized spacial score (nSPS) is 11.6. The first kappa shape index (κ1) is 16.5. The van der Waals surface area contributed by atoms with E-state index in [1.807, 2.05) is 30.3 Å². The van der Waals surface area contributed by atoms with Crippen LogP contribution in [0.3, 0.4) is 0 Å². The molecule has 0 amide bonds. The van der Waals surface area contributed by atoms with Crippen molar-refractivity contribution in [3.8, 4) is 0 Å². The maximum atomic E-state index is 10.4. The third-order valence-corrected chi connectivity index (χ3v) is 3.74. The first-order valence-corrected chi connectivity index (χ1v) is 7.71. The largest absolute Gasteiger partial charge is 0.377 e. The lowest BCUT2D eigenvalue weighted by Gasteiger charge is -2.03. The van der Waals surface area contributed by atoms with Crippen molar-refractivity contribution in [2.24, 2.45) is 0 Å². The summed E-state index contributed by atoms with van der Waals surface area (Å²) in [6.45, 7) is 0.361. The quantitative estimate of drug-likeness (QED) is 0.446. The molecule has 1 atom stereocenters. The zero-order valence-electron chi connectivity index (χ0n) is 9.50. The van der Waals surface area contributed by atoms with Crippen molar-refractivity contribution < 1.29 is 17.7 Å². The maximum Gasteiger partial charge on any atom is 0.264 e. The van der Waals surface area contributed by atoms with Crippen molar-refractivity contribution in [3.05, 3.63) is 30.3 Å². The van der Waals surface area contributed by atoms with Gasteiger partial charge in [0.15, 0.2) is 0 Å². The first-order valence-electron chi connectivity index (χ1n) is 4.90. The molecule has 4 N–H and O–H groups in total. The second-order valence-corrected chi connectivity index (χ2v) is 6.03. The van der Waals surface area contributed by atoms with Crippen LogP contribution in [0.25, 0.3) is 0 Å². The van der Waals surface area contributed by atoms with Gasteiger partial charge in [0.05, 0.1) is 12.1 Å². The van der Waals surface area contributed by atoms with Gasteiger partial charge < -0.3 is 10.9 Å². The highest BCUT2D eigenvalue weighted by Crippen LogP contribution is 2.09. The molecular formula is C10H18NO4PS. The summed E-state index contributed by atoms with van der Waals surface area (Å²) in [5.74, 6) is -0.235. The molecule has 0 aromatic heterocycles.